The Morgan fingerprint density at radius 3 is 2.24 bits per heavy atom. The highest BCUT2D eigenvalue weighted by atomic mass is 16.6. The van der Waals surface area contributed by atoms with E-state index < -0.39 is 6.23 Å². The zero-order valence-electron chi connectivity index (χ0n) is 9.50. The number of imide groups is 1. The van der Waals surface area contributed by atoms with E-state index in [2.05, 4.69) is 0 Å². The first kappa shape index (κ1) is 14.0. The van der Waals surface area contributed by atoms with Crippen molar-refractivity contribution in [1.82, 2.24) is 4.90 Å². The van der Waals surface area contributed by atoms with Crippen LogP contribution < -0.4 is 0 Å². The standard InChI is InChI=1S/C10H17NO6/c12-3-5-16-7-10(17-6-4-13)11-8(14)1-2-9(11)15/h10,12-13H,1-7H2. The van der Waals surface area contributed by atoms with Crippen LogP contribution in [0.2, 0.25) is 0 Å². The smallest absolute Gasteiger partial charge is 0.231 e. The lowest BCUT2D eigenvalue weighted by Crippen LogP contribution is -2.44. The van der Waals surface area contributed by atoms with Gasteiger partial charge in [0.15, 0.2) is 6.23 Å². The zero-order chi connectivity index (χ0) is 12.7. The van der Waals surface area contributed by atoms with Gasteiger partial charge in [-0.2, -0.15) is 0 Å². The van der Waals surface area contributed by atoms with E-state index >= 15 is 0 Å². The highest BCUT2D eigenvalue weighted by Gasteiger charge is 2.35. The number of amides is 2. The Bertz CT molecular complexity index is 254. The summed E-state index contributed by atoms with van der Waals surface area (Å²) in [7, 11) is 0. The van der Waals surface area contributed by atoms with E-state index in [4.69, 9.17) is 19.7 Å². The molecule has 1 heterocycles. The number of carbonyl (C=O) groups is 2. The summed E-state index contributed by atoms with van der Waals surface area (Å²) in [4.78, 5) is 24.0. The highest BCUT2D eigenvalue weighted by Crippen LogP contribution is 2.16. The normalized spacial score (nSPS) is 17.9. The molecule has 2 N–H and O–H groups in total. The lowest BCUT2D eigenvalue weighted by atomic mass is 10.4. The van der Waals surface area contributed by atoms with Crippen molar-refractivity contribution in [3.05, 3.63) is 0 Å². The van der Waals surface area contributed by atoms with E-state index in [1.54, 1.807) is 0 Å². The molecule has 0 aromatic heterocycles. The van der Waals surface area contributed by atoms with Crippen LogP contribution in [-0.4, -0.2) is 66.2 Å². The number of rotatable bonds is 8. The molecule has 1 rings (SSSR count). The molecule has 2 amide bonds. The van der Waals surface area contributed by atoms with Gasteiger partial charge in [0.2, 0.25) is 11.8 Å². The van der Waals surface area contributed by atoms with Gasteiger partial charge in [-0.1, -0.05) is 0 Å². The van der Waals surface area contributed by atoms with E-state index in [1.807, 2.05) is 0 Å². The summed E-state index contributed by atoms with van der Waals surface area (Å²) in [5.41, 5.74) is 0. The van der Waals surface area contributed by atoms with Crippen molar-refractivity contribution >= 4 is 11.8 Å². The molecule has 1 fully saturated rings. The number of likely N-dealkylation sites (tertiary alicyclic amines) is 1. The average Bonchev–Trinajstić information content (AvgIpc) is 2.64. The number of carbonyl (C=O) groups excluding carboxylic acids is 2. The van der Waals surface area contributed by atoms with Gasteiger partial charge >= 0.3 is 0 Å². The van der Waals surface area contributed by atoms with Gasteiger partial charge in [0.1, 0.15) is 0 Å². The lowest BCUT2D eigenvalue weighted by molar-refractivity contribution is -0.161. The Kier molecular flexibility index (Phi) is 6.06. The van der Waals surface area contributed by atoms with E-state index in [0.717, 1.165) is 4.90 Å². The molecule has 0 aliphatic carbocycles. The number of hydrogen-bond donors (Lipinski definition) is 2. The Morgan fingerprint density at radius 2 is 1.71 bits per heavy atom. The predicted octanol–water partition coefficient (Wildman–Crippen LogP) is -1.52. The van der Waals surface area contributed by atoms with Gasteiger partial charge in [-0.15, -0.1) is 0 Å². The quantitative estimate of drug-likeness (QED) is 0.399. The first-order valence-corrected chi connectivity index (χ1v) is 5.46. The van der Waals surface area contributed by atoms with Gasteiger partial charge in [0.25, 0.3) is 0 Å². The first-order chi connectivity index (χ1) is 8.20. The molecule has 0 spiro atoms. The van der Waals surface area contributed by atoms with Crippen molar-refractivity contribution in [1.29, 1.82) is 0 Å². The third kappa shape index (κ3) is 4.04. The number of nitrogens with zero attached hydrogens (tertiary/aromatic N) is 1. The van der Waals surface area contributed by atoms with Crippen LogP contribution in [0, 0.1) is 0 Å². The fraction of sp³-hybridized carbons (Fsp3) is 0.800. The Morgan fingerprint density at radius 1 is 1.12 bits per heavy atom. The zero-order valence-corrected chi connectivity index (χ0v) is 9.50. The molecule has 1 atom stereocenters. The molecule has 1 unspecified atom stereocenters. The van der Waals surface area contributed by atoms with Crippen LogP contribution in [0.25, 0.3) is 0 Å². The number of hydrogen-bond acceptors (Lipinski definition) is 6. The van der Waals surface area contributed by atoms with Gasteiger partial charge in [0.05, 0.1) is 33.0 Å². The van der Waals surface area contributed by atoms with E-state index in [0.29, 0.717) is 0 Å². The number of aliphatic hydroxyl groups excluding tert-OH is 2. The van der Waals surface area contributed by atoms with Crippen molar-refractivity contribution in [2.45, 2.75) is 19.1 Å². The third-order valence-electron chi connectivity index (χ3n) is 2.28. The Labute approximate surface area is 98.9 Å². The molecule has 7 heteroatoms. The minimum atomic E-state index is -0.823. The van der Waals surface area contributed by atoms with Gasteiger partial charge in [-0.25, -0.2) is 0 Å². The Balaban J connectivity index is 2.54. The molecule has 7 nitrogen and oxygen atoms in total. The largest absolute Gasteiger partial charge is 0.394 e. The molecule has 0 aromatic rings. The predicted molar refractivity (Wildman–Crippen MR) is 55.8 cm³/mol. The third-order valence-corrected chi connectivity index (χ3v) is 2.28. The van der Waals surface area contributed by atoms with Crippen molar-refractivity contribution in [3.63, 3.8) is 0 Å². The van der Waals surface area contributed by atoms with E-state index in [1.165, 1.54) is 0 Å². The minimum Gasteiger partial charge on any atom is -0.394 e. The van der Waals surface area contributed by atoms with Crippen LogP contribution in [0.1, 0.15) is 12.8 Å². The van der Waals surface area contributed by atoms with Gasteiger partial charge in [-0.05, 0) is 0 Å². The van der Waals surface area contributed by atoms with Crippen molar-refractivity contribution < 1.29 is 29.3 Å². The fourth-order valence-corrected chi connectivity index (χ4v) is 1.55. The molecular formula is C10H17NO6. The monoisotopic (exact) mass is 247 g/mol. The van der Waals surface area contributed by atoms with Crippen molar-refractivity contribution in [3.8, 4) is 0 Å². The first-order valence-electron chi connectivity index (χ1n) is 5.46. The highest BCUT2D eigenvalue weighted by molar-refractivity contribution is 6.02. The molecule has 1 aliphatic rings. The molecule has 0 aromatic carbocycles. The Hall–Kier alpha value is -1.02. The maximum absolute atomic E-state index is 11.5. The minimum absolute atomic E-state index is 0.00194. The van der Waals surface area contributed by atoms with Gasteiger partial charge < -0.3 is 19.7 Å². The SMILES string of the molecule is O=C1CCC(=O)N1C(COCCO)OCCO. The van der Waals surface area contributed by atoms with Crippen LogP contribution in [0.4, 0.5) is 0 Å². The average molecular weight is 247 g/mol. The molecule has 98 valence electrons. The summed E-state index contributed by atoms with van der Waals surface area (Å²) >= 11 is 0. The molecule has 0 bridgehead atoms. The second-order valence-corrected chi connectivity index (χ2v) is 3.51. The number of aliphatic hydroxyl groups is 2. The lowest BCUT2D eigenvalue weighted by Gasteiger charge is -2.25. The fourth-order valence-electron chi connectivity index (χ4n) is 1.55. The van der Waals surface area contributed by atoms with Crippen LogP contribution in [0.3, 0.4) is 0 Å². The van der Waals surface area contributed by atoms with Crippen molar-refractivity contribution in [2.24, 2.45) is 0 Å². The maximum Gasteiger partial charge on any atom is 0.231 e. The van der Waals surface area contributed by atoms with Gasteiger partial charge in [0, 0.05) is 12.8 Å². The van der Waals surface area contributed by atoms with Crippen LogP contribution in [-0.2, 0) is 19.1 Å². The summed E-state index contributed by atoms with van der Waals surface area (Å²) in [5.74, 6) is -0.601. The summed E-state index contributed by atoms with van der Waals surface area (Å²) in [6.45, 7) is -0.223. The van der Waals surface area contributed by atoms with Crippen LogP contribution >= 0.6 is 0 Å². The van der Waals surface area contributed by atoms with E-state index in [9.17, 15) is 9.59 Å². The van der Waals surface area contributed by atoms with Crippen LogP contribution in [0.15, 0.2) is 0 Å². The summed E-state index contributed by atoms with van der Waals surface area (Å²) < 4.78 is 10.2. The number of ether oxygens (including phenoxy) is 2. The molecule has 1 saturated heterocycles. The summed E-state index contributed by atoms with van der Waals surface area (Å²) in [6, 6.07) is 0. The topological polar surface area (TPSA) is 96.3 Å². The van der Waals surface area contributed by atoms with Gasteiger partial charge in [-0.3, -0.25) is 14.5 Å². The van der Waals surface area contributed by atoms with Crippen LogP contribution in [0.5, 0.6) is 0 Å². The summed E-state index contributed by atoms with van der Waals surface area (Å²) in [6.07, 6.45) is -0.466. The molecule has 0 saturated carbocycles. The van der Waals surface area contributed by atoms with E-state index in [-0.39, 0.29) is 57.7 Å². The van der Waals surface area contributed by atoms with Crippen molar-refractivity contribution in [2.75, 3.05) is 33.0 Å². The molecule has 0 radical (unpaired) electrons. The molecular weight excluding hydrogens is 230 g/mol. The molecule has 17 heavy (non-hydrogen) atoms. The second kappa shape index (κ2) is 7.33. The summed E-state index contributed by atoms with van der Waals surface area (Å²) in [5, 5.41) is 17.2. The molecule has 1 aliphatic heterocycles. The second-order valence-electron chi connectivity index (χ2n) is 3.51. The maximum atomic E-state index is 11.5.